The second kappa shape index (κ2) is 5.81. The van der Waals surface area contributed by atoms with Gasteiger partial charge in [0.2, 0.25) is 0 Å². The van der Waals surface area contributed by atoms with E-state index in [1.165, 1.54) is 6.92 Å². The highest BCUT2D eigenvalue weighted by atomic mass is 19.3. The Balaban J connectivity index is 3.56. The minimum atomic E-state index is -2.59. The Morgan fingerprint density at radius 1 is 0.842 bits per heavy atom. The lowest BCUT2D eigenvalue weighted by molar-refractivity contribution is 0.398. The predicted octanol–water partition coefficient (Wildman–Crippen LogP) is 5.07. The molecule has 0 saturated heterocycles. The molecule has 1 aromatic rings. The molecule has 0 N–H and O–H groups in total. The normalized spacial score (nSPS) is 10.1. The van der Waals surface area contributed by atoms with Gasteiger partial charge in [-0.15, -0.1) is 0 Å². The van der Waals surface area contributed by atoms with Crippen LogP contribution in [0.5, 0.6) is 5.75 Å². The van der Waals surface area contributed by atoms with E-state index in [0.29, 0.717) is 0 Å². The van der Waals surface area contributed by atoms with Gasteiger partial charge in [-0.1, -0.05) is 0 Å². The van der Waals surface area contributed by atoms with Crippen molar-refractivity contribution in [1.29, 1.82) is 0 Å². The minimum Gasteiger partial charge on any atom is -0.496 e. The third-order valence-electron chi connectivity index (χ3n) is 2.35. The SMILES string of the molecule is COc1cc(C(F)=C(F)F)c(C)cc1C(F)=C(F)F. The van der Waals surface area contributed by atoms with E-state index in [1.807, 2.05) is 0 Å². The van der Waals surface area contributed by atoms with Gasteiger partial charge in [-0.25, -0.2) is 8.78 Å². The predicted molar refractivity (Wildman–Crippen MR) is 58.2 cm³/mol. The van der Waals surface area contributed by atoms with E-state index in [2.05, 4.69) is 4.74 Å². The molecular formula is C12H8F6O. The molecule has 1 aromatic carbocycles. The molecule has 0 heterocycles. The zero-order valence-corrected chi connectivity index (χ0v) is 9.83. The summed E-state index contributed by atoms with van der Waals surface area (Å²) in [5.74, 6) is -4.13. The van der Waals surface area contributed by atoms with Crippen LogP contribution in [-0.4, -0.2) is 7.11 Å². The van der Waals surface area contributed by atoms with E-state index in [0.717, 1.165) is 19.2 Å². The average molecular weight is 282 g/mol. The summed E-state index contributed by atoms with van der Waals surface area (Å²) < 4.78 is 79.7. The van der Waals surface area contributed by atoms with Crippen LogP contribution in [0, 0.1) is 6.92 Å². The molecule has 0 spiro atoms. The lowest BCUT2D eigenvalue weighted by atomic mass is 10.0. The number of benzene rings is 1. The van der Waals surface area contributed by atoms with Crippen LogP contribution in [-0.2, 0) is 0 Å². The molecule has 1 rings (SSSR count). The molecule has 0 aliphatic heterocycles. The number of methoxy groups -OCH3 is 1. The zero-order chi connectivity index (χ0) is 14.7. The summed E-state index contributed by atoms with van der Waals surface area (Å²) in [6.07, 6.45) is -5.15. The number of rotatable bonds is 3. The third-order valence-corrected chi connectivity index (χ3v) is 2.35. The fourth-order valence-electron chi connectivity index (χ4n) is 1.47. The van der Waals surface area contributed by atoms with E-state index in [1.54, 1.807) is 0 Å². The van der Waals surface area contributed by atoms with Crippen molar-refractivity contribution in [2.24, 2.45) is 0 Å². The topological polar surface area (TPSA) is 9.23 Å². The molecule has 0 amide bonds. The first-order valence-electron chi connectivity index (χ1n) is 4.90. The summed E-state index contributed by atoms with van der Waals surface area (Å²) in [4.78, 5) is 0. The summed E-state index contributed by atoms with van der Waals surface area (Å²) in [6, 6.07) is 1.55. The van der Waals surface area contributed by atoms with Gasteiger partial charge in [0.15, 0.2) is 11.7 Å². The van der Waals surface area contributed by atoms with Crippen LogP contribution < -0.4 is 4.74 Å². The Bertz CT molecular complexity index is 554. The molecule has 0 atom stereocenters. The van der Waals surface area contributed by atoms with Crippen molar-refractivity contribution in [1.82, 2.24) is 0 Å². The Morgan fingerprint density at radius 3 is 1.74 bits per heavy atom. The summed E-state index contributed by atoms with van der Waals surface area (Å²) in [5, 5.41) is 0. The smallest absolute Gasteiger partial charge is 0.306 e. The molecule has 104 valence electrons. The van der Waals surface area contributed by atoms with Crippen molar-refractivity contribution in [3.63, 3.8) is 0 Å². The number of aryl methyl sites for hydroxylation is 1. The van der Waals surface area contributed by atoms with Crippen LogP contribution >= 0.6 is 0 Å². The van der Waals surface area contributed by atoms with Gasteiger partial charge in [0.25, 0.3) is 0 Å². The highest BCUT2D eigenvalue weighted by Gasteiger charge is 2.19. The molecule has 0 bridgehead atoms. The summed E-state index contributed by atoms with van der Waals surface area (Å²) >= 11 is 0. The van der Waals surface area contributed by atoms with E-state index in [9.17, 15) is 26.3 Å². The molecule has 0 saturated carbocycles. The van der Waals surface area contributed by atoms with Crippen LogP contribution in [0.3, 0.4) is 0 Å². The Labute approximate surface area is 104 Å². The van der Waals surface area contributed by atoms with Gasteiger partial charge in [-0.05, 0) is 24.6 Å². The fraction of sp³-hybridized carbons (Fsp3) is 0.167. The van der Waals surface area contributed by atoms with Crippen LogP contribution in [0.15, 0.2) is 24.3 Å². The molecular weight excluding hydrogens is 274 g/mol. The van der Waals surface area contributed by atoms with Crippen molar-refractivity contribution in [3.05, 3.63) is 41.0 Å². The monoisotopic (exact) mass is 282 g/mol. The first kappa shape index (κ1) is 15.1. The van der Waals surface area contributed by atoms with Gasteiger partial charge >= 0.3 is 12.2 Å². The summed E-state index contributed by atoms with van der Waals surface area (Å²) in [6.45, 7) is 1.18. The molecule has 0 aliphatic rings. The number of hydrogen-bond donors (Lipinski definition) is 0. The van der Waals surface area contributed by atoms with Crippen LogP contribution in [0.25, 0.3) is 11.7 Å². The summed E-state index contributed by atoms with van der Waals surface area (Å²) in [7, 11) is 1.02. The largest absolute Gasteiger partial charge is 0.496 e. The fourth-order valence-corrected chi connectivity index (χ4v) is 1.47. The quantitative estimate of drug-likeness (QED) is 0.703. The lowest BCUT2D eigenvalue weighted by Crippen LogP contribution is -1.95. The van der Waals surface area contributed by atoms with Gasteiger partial charge in [0.05, 0.1) is 12.7 Å². The molecule has 0 aromatic heterocycles. The molecule has 0 radical (unpaired) electrons. The summed E-state index contributed by atoms with van der Waals surface area (Å²) in [5.41, 5.74) is -1.30. The van der Waals surface area contributed by atoms with Gasteiger partial charge < -0.3 is 4.74 Å². The maximum atomic E-state index is 13.2. The first-order valence-corrected chi connectivity index (χ1v) is 4.90. The second-order valence-electron chi connectivity index (χ2n) is 3.52. The van der Waals surface area contributed by atoms with Crippen molar-refractivity contribution >= 4 is 11.7 Å². The maximum absolute atomic E-state index is 13.2. The number of ether oxygens (including phenoxy) is 1. The van der Waals surface area contributed by atoms with Crippen molar-refractivity contribution in [2.45, 2.75) is 6.92 Å². The van der Waals surface area contributed by atoms with Crippen molar-refractivity contribution in [3.8, 4) is 5.75 Å². The van der Waals surface area contributed by atoms with Gasteiger partial charge in [-0.3, -0.25) is 0 Å². The van der Waals surface area contributed by atoms with E-state index >= 15 is 0 Å². The first-order chi connectivity index (χ1) is 8.79. The van der Waals surface area contributed by atoms with Crippen LogP contribution in [0.2, 0.25) is 0 Å². The zero-order valence-electron chi connectivity index (χ0n) is 9.83. The number of halogens is 6. The molecule has 0 unspecified atom stereocenters. The highest BCUT2D eigenvalue weighted by molar-refractivity contribution is 5.72. The van der Waals surface area contributed by atoms with E-state index in [-0.39, 0.29) is 5.56 Å². The lowest BCUT2D eigenvalue weighted by Gasteiger charge is -2.11. The third kappa shape index (κ3) is 3.10. The molecule has 0 fully saturated rings. The Morgan fingerprint density at radius 2 is 1.32 bits per heavy atom. The minimum absolute atomic E-state index is 0.127. The molecule has 0 aliphatic carbocycles. The van der Waals surface area contributed by atoms with Gasteiger partial charge in [0.1, 0.15) is 5.75 Å². The van der Waals surface area contributed by atoms with Gasteiger partial charge in [0, 0.05) is 5.56 Å². The van der Waals surface area contributed by atoms with Crippen molar-refractivity contribution < 1.29 is 31.1 Å². The average Bonchev–Trinajstić information content (AvgIpc) is 2.36. The molecule has 7 heteroatoms. The van der Waals surface area contributed by atoms with Crippen LogP contribution in [0.1, 0.15) is 16.7 Å². The Hall–Kier alpha value is -1.92. The molecule has 19 heavy (non-hydrogen) atoms. The van der Waals surface area contributed by atoms with Crippen LogP contribution in [0.4, 0.5) is 26.3 Å². The molecule has 1 nitrogen and oxygen atoms in total. The highest BCUT2D eigenvalue weighted by Crippen LogP contribution is 2.36. The maximum Gasteiger partial charge on any atom is 0.306 e. The van der Waals surface area contributed by atoms with E-state index < -0.39 is 40.7 Å². The number of hydrogen-bond acceptors (Lipinski definition) is 1. The Kier molecular flexibility index (Phi) is 4.63. The van der Waals surface area contributed by atoms with E-state index in [4.69, 9.17) is 0 Å². The van der Waals surface area contributed by atoms with Gasteiger partial charge in [-0.2, -0.15) is 17.6 Å². The van der Waals surface area contributed by atoms with Crippen molar-refractivity contribution in [2.75, 3.05) is 7.11 Å². The standard InChI is InChI=1S/C12H8F6O/c1-5-3-7(10(14)12(17)18)8(19-2)4-6(5)9(13)11(15)16/h3-4H,1-2H3. The second-order valence-corrected chi connectivity index (χ2v) is 3.52.